The molecule has 0 unspecified atom stereocenters. The lowest BCUT2D eigenvalue weighted by Gasteiger charge is -2.16. The van der Waals surface area contributed by atoms with Crippen molar-refractivity contribution in [1.82, 2.24) is 5.32 Å². The molecule has 1 rings (SSSR count). The zero-order chi connectivity index (χ0) is 14.3. The number of aliphatic hydroxyl groups is 1. The molecule has 0 saturated heterocycles. The van der Waals surface area contributed by atoms with Gasteiger partial charge in [-0.3, -0.25) is 4.79 Å². The molecule has 0 aliphatic heterocycles. The van der Waals surface area contributed by atoms with Gasteiger partial charge in [-0.05, 0) is 30.0 Å². The third-order valence-electron chi connectivity index (χ3n) is 3.30. The molecule has 0 aliphatic rings. The van der Waals surface area contributed by atoms with E-state index in [0.29, 0.717) is 6.54 Å². The summed E-state index contributed by atoms with van der Waals surface area (Å²) in [5, 5.41) is 12.5. The molecule has 19 heavy (non-hydrogen) atoms. The van der Waals surface area contributed by atoms with E-state index in [2.05, 4.69) is 5.32 Å². The van der Waals surface area contributed by atoms with Gasteiger partial charge in [0.25, 0.3) is 0 Å². The highest BCUT2D eigenvalue weighted by Crippen LogP contribution is 2.12. The summed E-state index contributed by atoms with van der Waals surface area (Å²) < 4.78 is 5.14. The molecule has 2 N–H and O–H groups in total. The van der Waals surface area contributed by atoms with Gasteiger partial charge in [0.15, 0.2) is 0 Å². The number of aliphatic hydroxyl groups excluding tert-OH is 1. The Morgan fingerprint density at radius 1 is 1.47 bits per heavy atom. The number of rotatable bonds is 7. The van der Waals surface area contributed by atoms with Gasteiger partial charge in [0.05, 0.1) is 7.11 Å². The Kier molecular flexibility index (Phi) is 6.36. The molecule has 0 bridgehead atoms. The molecule has 1 amide bonds. The molecule has 4 nitrogen and oxygen atoms in total. The third-order valence-corrected chi connectivity index (χ3v) is 3.30. The van der Waals surface area contributed by atoms with Gasteiger partial charge in [-0.15, -0.1) is 0 Å². The minimum atomic E-state index is -0.921. The van der Waals surface area contributed by atoms with Crippen LogP contribution < -0.4 is 10.1 Å². The Morgan fingerprint density at radius 2 is 2.21 bits per heavy atom. The van der Waals surface area contributed by atoms with Crippen molar-refractivity contribution >= 4 is 5.91 Å². The Hall–Kier alpha value is -1.55. The van der Waals surface area contributed by atoms with Crippen molar-refractivity contribution in [1.29, 1.82) is 0 Å². The molecule has 0 heterocycles. The van der Waals surface area contributed by atoms with Crippen molar-refractivity contribution in [2.45, 2.75) is 32.8 Å². The summed E-state index contributed by atoms with van der Waals surface area (Å²) in [4.78, 5) is 11.7. The predicted octanol–water partition coefficient (Wildman–Crippen LogP) is 1.76. The standard InChI is InChI=1S/C15H23NO3/c1-4-11(2)14(17)15(18)16-9-8-12-6-5-7-13(10-12)19-3/h5-7,10-11,14,17H,4,8-9H2,1-3H3,(H,16,18)/t11-,14+/m0/s1. The van der Waals surface area contributed by atoms with Gasteiger partial charge in [0.2, 0.25) is 5.91 Å². The number of nitrogens with one attached hydrogen (secondary N) is 1. The molecule has 1 aromatic rings. The molecule has 0 spiro atoms. The lowest BCUT2D eigenvalue weighted by molar-refractivity contribution is -0.131. The van der Waals surface area contributed by atoms with Crippen LogP contribution >= 0.6 is 0 Å². The molecular weight excluding hydrogens is 242 g/mol. The van der Waals surface area contributed by atoms with Gasteiger partial charge in [-0.25, -0.2) is 0 Å². The highest BCUT2D eigenvalue weighted by atomic mass is 16.5. The Bertz CT molecular complexity index is 406. The maximum Gasteiger partial charge on any atom is 0.249 e. The van der Waals surface area contributed by atoms with Crippen LogP contribution in [0.5, 0.6) is 5.75 Å². The van der Waals surface area contributed by atoms with Crippen molar-refractivity contribution in [2.24, 2.45) is 5.92 Å². The second kappa shape index (κ2) is 7.79. The van der Waals surface area contributed by atoms with E-state index in [1.165, 1.54) is 0 Å². The molecule has 0 radical (unpaired) electrons. The summed E-state index contributed by atoms with van der Waals surface area (Å²) in [7, 11) is 1.63. The van der Waals surface area contributed by atoms with E-state index in [1.54, 1.807) is 7.11 Å². The SMILES string of the molecule is CC[C@H](C)[C@@H](O)C(=O)NCCc1cccc(OC)c1. The van der Waals surface area contributed by atoms with Crippen LogP contribution in [0.1, 0.15) is 25.8 Å². The molecule has 0 aromatic heterocycles. The van der Waals surface area contributed by atoms with E-state index in [4.69, 9.17) is 4.74 Å². The van der Waals surface area contributed by atoms with Gasteiger partial charge >= 0.3 is 0 Å². The highest BCUT2D eigenvalue weighted by Gasteiger charge is 2.20. The minimum absolute atomic E-state index is 0.0168. The van der Waals surface area contributed by atoms with E-state index in [1.807, 2.05) is 38.1 Å². The summed E-state index contributed by atoms with van der Waals surface area (Å²) in [6.45, 7) is 4.34. The summed E-state index contributed by atoms with van der Waals surface area (Å²) in [5.41, 5.74) is 1.10. The molecular formula is C15H23NO3. The van der Waals surface area contributed by atoms with Crippen molar-refractivity contribution < 1.29 is 14.6 Å². The number of carbonyl (C=O) groups is 1. The number of benzene rings is 1. The number of carbonyl (C=O) groups excluding carboxylic acids is 1. The summed E-state index contributed by atoms with van der Waals surface area (Å²) in [5.74, 6) is 0.498. The van der Waals surface area contributed by atoms with Crippen molar-refractivity contribution in [3.63, 3.8) is 0 Å². The average Bonchev–Trinajstić information content (AvgIpc) is 2.45. The second-order valence-corrected chi connectivity index (χ2v) is 4.72. The van der Waals surface area contributed by atoms with Gasteiger partial charge < -0.3 is 15.2 Å². The largest absolute Gasteiger partial charge is 0.497 e. The fraction of sp³-hybridized carbons (Fsp3) is 0.533. The zero-order valence-corrected chi connectivity index (χ0v) is 11.8. The van der Waals surface area contributed by atoms with Crippen LogP contribution in [0.3, 0.4) is 0 Å². The van der Waals surface area contributed by atoms with Crippen LogP contribution in [0.25, 0.3) is 0 Å². The van der Waals surface area contributed by atoms with Crippen LogP contribution in [0, 0.1) is 5.92 Å². The normalized spacial score (nSPS) is 13.7. The van der Waals surface area contributed by atoms with Gasteiger partial charge in [-0.2, -0.15) is 0 Å². The maximum absolute atomic E-state index is 11.7. The Balaban J connectivity index is 2.39. The second-order valence-electron chi connectivity index (χ2n) is 4.72. The molecule has 1 aromatic carbocycles. The first kappa shape index (κ1) is 15.5. The van der Waals surface area contributed by atoms with E-state index in [9.17, 15) is 9.90 Å². The summed E-state index contributed by atoms with van der Waals surface area (Å²) >= 11 is 0. The van der Waals surface area contributed by atoms with E-state index in [-0.39, 0.29) is 11.8 Å². The Labute approximate surface area is 114 Å². The topological polar surface area (TPSA) is 58.6 Å². The first-order valence-corrected chi connectivity index (χ1v) is 6.67. The van der Waals surface area contributed by atoms with Crippen molar-refractivity contribution in [3.05, 3.63) is 29.8 Å². The highest BCUT2D eigenvalue weighted by molar-refractivity contribution is 5.80. The lowest BCUT2D eigenvalue weighted by atomic mass is 10.0. The monoisotopic (exact) mass is 265 g/mol. The molecule has 106 valence electrons. The van der Waals surface area contributed by atoms with E-state index < -0.39 is 6.10 Å². The van der Waals surface area contributed by atoms with Crippen LogP contribution in [0.2, 0.25) is 0 Å². The van der Waals surface area contributed by atoms with E-state index in [0.717, 1.165) is 24.2 Å². The van der Waals surface area contributed by atoms with Crippen LogP contribution in [0.4, 0.5) is 0 Å². The van der Waals surface area contributed by atoms with Gasteiger partial charge in [0.1, 0.15) is 11.9 Å². The van der Waals surface area contributed by atoms with Crippen LogP contribution in [0.15, 0.2) is 24.3 Å². The first-order chi connectivity index (χ1) is 9.08. The molecule has 2 atom stereocenters. The fourth-order valence-corrected chi connectivity index (χ4v) is 1.74. The quantitative estimate of drug-likeness (QED) is 0.790. The van der Waals surface area contributed by atoms with Crippen LogP contribution in [-0.4, -0.2) is 30.8 Å². The Morgan fingerprint density at radius 3 is 2.84 bits per heavy atom. The summed E-state index contributed by atoms with van der Waals surface area (Å²) in [6.07, 6.45) is 0.580. The minimum Gasteiger partial charge on any atom is -0.497 e. The predicted molar refractivity (Wildman–Crippen MR) is 75.2 cm³/mol. The van der Waals surface area contributed by atoms with Crippen molar-refractivity contribution in [3.8, 4) is 5.75 Å². The number of hydrogen-bond acceptors (Lipinski definition) is 3. The molecule has 0 fully saturated rings. The van der Waals surface area contributed by atoms with Crippen LogP contribution in [-0.2, 0) is 11.2 Å². The van der Waals surface area contributed by atoms with Gasteiger partial charge in [0, 0.05) is 6.54 Å². The lowest BCUT2D eigenvalue weighted by Crippen LogP contribution is -2.39. The molecule has 4 heteroatoms. The fourth-order valence-electron chi connectivity index (χ4n) is 1.74. The third kappa shape index (κ3) is 4.91. The number of hydrogen-bond donors (Lipinski definition) is 2. The average molecular weight is 265 g/mol. The molecule has 0 saturated carbocycles. The van der Waals surface area contributed by atoms with E-state index >= 15 is 0 Å². The maximum atomic E-state index is 11.7. The zero-order valence-electron chi connectivity index (χ0n) is 11.8. The number of ether oxygens (including phenoxy) is 1. The molecule has 0 aliphatic carbocycles. The first-order valence-electron chi connectivity index (χ1n) is 6.67. The van der Waals surface area contributed by atoms with Crippen molar-refractivity contribution in [2.75, 3.05) is 13.7 Å². The summed E-state index contributed by atoms with van der Waals surface area (Å²) in [6, 6.07) is 7.73. The number of methoxy groups -OCH3 is 1. The van der Waals surface area contributed by atoms with Gasteiger partial charge in [-0.1, -0.05) is 32.4 Å². The smallest absolute Gasteiger partial charge is 0.249 e. The number of amides is 1.